The summed E-state index contributed by atoms with van der Waals surface area (Å²) in [5.41, 5.74) is 4.68. The molecule has 0 bridgehead atoms. The Morgan fingerprint density at radius 2 is 1.81 bits per heavy atom. The van der Waals surface area contributed by atoms with Crippen molar-refractivity contribution in [2.75, 3.05) is 26.3 Å². The number of benzene rings is 2. The SMILES string of the molecule is Cc1ccc(C)c2[nH]c(=O)c([C@H](c3nnnn3Cc3ccccc3)N3CCOCC3)cc12. The van der Waals surface area contributed by atoms with Gasteiger partial charge in [-0.2, -0.15) is 0 Å². The number of morpholine rings is 1. The molecule has 8 nitrogen and oxygen atoms in total. The second kappa shape index (κ2) is 8.64. The van der Waals surface area contributed by atoms with E-state index in [0.29, 0.717) is 44.2 Å². The molecule has 1 fully saturated rings. The number of ether oxygens (including phenoxy) is 1. The number of hydrogen-bond donors (Lipinski definition) is 1. The second-order valence-corrected chi connectivity index (χ2v) is 8.27. The highest BCUT2D eigenvalue weighted by Gasteiger charge is 2.31. The fourth-order valence-corrected chi connectivity index (χ4v) is 4.41. The molecule has 0 unspecified atom stereocenters. The first kappa shape index (κ1) is 20.5. The number of pyridine rings is 1. The molecule has 32 heavy (non-hydrogen) atoms. The highest BCUT2D eigenvalue weighted by molar-refractivity contribution is 5.85. The number of nitrogens with zero attached hydrogens (tertiary/aromatic N) is 5. The molecule has 164 valence electrons. The molecule has 5 rings (SSSR count). The van der Waals surface area contributed by atoms with E-state index in [4.69, 9.17) is 4.74 Å². The summed E-state index contributed by atoms with van der Waals surface area (Å²) < 4.78 is 7.37. The molecule has 0 aliphatic carbocycles. The fraction of sp³-hybridized carbons (Fsp3) is 0.333. The molecule has 0 saturated carbocycles. The van der Waals surface area contributed by atoms with Crippen molar-refractivity contribution in [3.05, 3.63) is 87.0 Å². The van der Waals surface area contributed by atoms with Gasteiger partial charge in [-0.1, -0.05) is 42.5 Å². The van der Waals surface area contributed by atoms with E-state index >= 15 is 0 Å². The van der Waals surface area contributed by atoms with Crippen molar-refractivity contribution in [2.45, 2.75) is 26.4 Å². The third-order valence-electron chi connectivity index (χ3n) is 6.16. The molecule has 2 aromatic heterocycles. The van der Waals surface area contributed by atoms with Crippen LogP contribution in [-0.4, -0.2) is 56.4 Å². The number of fused-ring (bicyclic) bond motifs is 1. The van der Waals surface area contributed by atoms with E-state index in [-0.39, 0.29) is 11.6 Å². The average molecular weight is 431 g/mol. The number of nitrogens with one attached hydrogen (secondary N) is 1. The van der Waals surface area contributed by atoms with E-state index in [1.54, 1.807) is 4.68 Å². The molecule has 8 heteroatoms. The first-order valence-corrected chi connectivity index (χ1v) is 10.9. The lowest BCUT2D eigenvalue weighted by Crippen LogP contribution is -2.42. The van der Waals surface area contributed by atoms with Gasteiger partial charge in [0, 0.05) is 24.0 Å². The lowest BCUT2D eigenvalue weighted by atomic mass is 9.99. The van der Waals surface area contributed by atoms with Gasteiger partial charge in [-0.3, -0.25) is 9.69 Å². The van der Waals surface area contributed by atoms with Gasteiger partial charge in [-0.15, -0.1) is 5.10 Å². The van der Waals surface area contributed by atoms with Crippen molar-refractivity contribution in [1.29, 1.82) is 0 Å². The smallest absolute Gasteiger partial charge is 0.253 e. The molecule has 1 aliphatic heterocycles. The van der Waals surface area contributed by atoms with E-state index < -0.39 is 0 Å². The molecule has 1 atom stereocenters. The summed E-state index contributed by atoms with van der Waals surface area (Å²) in [5.74, 6) is 0.658. The van der Waals surface area contributed by atoms with Crippen LogP contribution in [-0.2, 0) is 11.3 Å². The summed E-state index contributed by atoms with van der Waals surface area (Å²) in [4.78, 5) is 18.7. The highest BCUT2D eigenvalue weighted by atomic mass is 16.5. The van der Waals surface area contributed by atoms with Crippen LogP contribution in [0.1, 0.15) is 34.1 Å². The van der Waals surface area contributed by atoms with Gasteiger partial charge in [0.15, 0.2) is 5.82 Å². The van der Waals surface area contributed by atoms with E-state index in [0.717, 1.165) is 27.6 Å². The van der Waals surface area contributed by atoms with Crippen molar-refractivity contribution in [1.82, 2.24) is 30.1 Å². The third kappa shape index (κ3) is 3.83. The normalized spacial score (nSPS) is 15.8. The Morgan fingerprint density at radius 3 is 2.59 bits per heavy atom. The van der Waals surface area contributed by atoms with Crippen LogP contribution in [0, 0.1) is 13.8 Å². The minimum absolute atomic E-state index is 0.114. The Labute approximate surface area is 185 Å². The van der Waals surface area contributed by atoms with Crippen molar-refractivity contribution in [3.8, 4) is 0 Å². The van der Waals surface area contributed by atoms with Crippen LogP contribution in [0.4, 0.5) is 0 Å². The number of rotatable bonds is 5. The molecule has 4 aromatic rings. The van der Waals surface area contributed by atoms with Crippen LogP contribution in [0.25, 0.3) is 10.9 Å². The number of hydrogen-bond acceptors (Lipinski definition) is 6. The van der Waals surface area contributed by atoms with Gasteiger partial charge in [-0.25, -0.2) is 4.68 Å². The van der Waals surface area contributed by atoms with Gasteiger partial charge in [0.25, 0.3) is 5.56 Å². The molecule has 0 radical (unpaired) electrons. The van der Waals surface area contributed by atoms with Crippen LogP contribution in [0.3, 0.4) is 0 Å². The Hall–Kier alpha value is -3.36. The summed E-state index contributed by atoms with van der Waals surface area (Å²) in [5, 5.41) is 13.7. The summed E-state index contributed by atoms with van der Waals surface area (Å²) >= 11 is 0. The Kier molecular flexibility index (Phi) is 5.55. The fourth-order valence-electron chi connectivity index (χ4n) is 4.41. The van der Waals surface area contributed by atoms with Gasteiger partial charge in [0.2, 0.25) is 0 Å². The van der Waals surface area contributed by atoms with Crippen LogP contribution >= 0.6 is 0 Å². The van der Waals surface area contributed by atoms with Crippen molar-refractivity contribution >= 4 is 10.9 Å². The number of tetrazole rings is 1. The van der Waals surface area contributed by atoms with Crippen LogP contribution in [0.15, 0.2) is 53.3 Å². The molecular formula is C24H26N6O2. The first-order chi connectivity index (χ1) is 15.6. The highest BCUT2D eigenvalue weighted by Crippen LogP contribution is 2.29. The summed E-state index contributed by atoms with van der Waals surface area (Å²) in [6, 6.07) is 15.8. The number of H-pyrrole nitrogens is 1. The summed E-state index contributed by atoms with van der Waals surface area (Å²) in [7, 11) is 0. The molecule has 3 heterocycles. The second-order valence-electron chi connectivity index (χ2n) is 8.27. The van der Waals surface area contributed by atoms with Crippen LogP contribution in [0.2, 0.25) is 0 Å². The Balaban J connectivity index is 1.65. The van der Waals surface area contributed by atoms with Crippen LogP contribution in [0.5, 0.6) is 0 Å². The van der Waals surface area contributed by atoms with Gasteiger partial charge in [-0.05, 0) is 47.0 Å². The standard InChI is InChI=1S/C24H26N6O2/c1-16-8-9-17(2)21-19(16)14-20(24(31)25-21)22(29-10-12-32-13-11-29)23-26-27-28-30(23)15-18-6-4-3-5-7-18/h3-9,14,22H,10-13,15H2,1-2H3,(H,25,31)/t22-/m1/s1. The molecule has 1 aliphatic rings. The number of aryl methyl sites for hydroxylation is 2. The summed E-state index contributed by atoms with van der Waals surface area (Å²) in [6.45, 7) is 7.24. The number of aromatic nitrogens is 5. The first-order valence-electron chi connectivity index (χ1n) is 10.9. The maximum Gasteiger partial charge on any atom is 0.253 e. The van der Waals surface area contributed by atoms with Gasteiger partial charge < -0.3 is 9.72 Å². The van der Waals surface area contributed by atoms with Gasteiger partial charge in [0.05, 0.1) is 25.3 Å². The molecule has 0 spiro atoms. The minimum Gasteiger partial charge on any atom is -0.379 e. The predicted molar refractivity (Wildman–Crippen MR) is 122 cm³/mol. The Bertz CT molecular complexity index is 1290. The zero-order chi connectivity index (χ0) is 22.1. The van der Waals surface area contributed by atoms with E-state index in [1.807, 2.05) is 49.4 Å². The monoisotopic (exact) mass is 430 g/mol. The lowest BCUT2D eigenvalue weighted by Gasteiger charge is -2.33. The van der Waals surface area contributed by atoms with Gasteiger partial charge in [0.1, 0.15) is 6.04 Å². The Morgan fingerprint density at radius 1 is 1.06 bits per heavy atom. The molecular weight excluding hydrogens is 404 g/mol. The average Bonchev–Trinajstić information content (AvgIpc) is 3.26. The predicted octanol–water partition coefficient (Wildman–Crippen LogP) is 2.60. The summed E-state index contributed by atoms with van der Waals surface area (Å²) in [6.07, 6.45) is 0. The molecule has 1 saturated heterocycles. The van der Waals surface area contributed by atoms with Crippen molar-refractivity contribution < 1.29 is 4.74 Å². The van der Waals surface area contributed by atoms with E-state index in [1.165, 1.54) is 0 Å². The molecule has 0 amide bonds. The minimum atomic E-state index is -0.370. The van der Waals surface area contributed by atoms with Gasteiger partial charge >= 0.3 is 0 Å². The molecule has 1 N–H and O–H groups in total. The van der Waals surface area contributed by atoms with Crippen molar-refractivity contribution in [2.24, 2.45) is 0 Å². The largest absolute Gasteiger partial charge is 0.379 e. The van der Waals surface area contributed by atoms with E-state index in [9.17, 15) is 4.79 Å². The maximum atomic E-state index is 13.4. The maximum absolute atomic E-state index is 13.4. The zero-order valence-electron chi connectivity index (χ0n) is 18.3. The lowest BCUT2D eigenvalue weighted by molar-refractivity contribution is 0.0214. The third-order valence-corrected chi connectivity index (χ3v) is 6.16. The van der Waals surface area contributed by atoms with E-state index in [2.05, 4.69) is 38.4 Å². The van der Waals surface area contributed by atoms with Crippen molar-refractivity contribution in [3.63, 3.8) is 0 Å². The molecule has 2 aromatic carbocycles. The quantitative estimate of drug-likeness (QED) is 0.524. The number of aromatic amines is 1. The topological polar surface area (TPSA) is 88.9 Å². The zero-order valence-corrected chi connectivity index (χ0v) is 18.3. The van der Waals surface area contributed by atoms with Crippen LogP contribution < -0.4 is 5.56 Å².